The normalized spacial score (nSPS) is 19.2. The van der Waals surface area contributed by atoms with Crippen molar-refractivity contribution in [3.63, 3.8) is 0 Å². The van der Waals surface area contributed by atoms with Crippen molar-refractivity contribution in [3.05, 3.63) is 0 Å². The molecule has 82 valence electrons. The molecule has 0 spiro atoms. The van der Waals surface area contributed by atoms with Gasteiger partial charge in [-0.15, -0.1) is 0 Å². The first kappa shape index (κ1) is 11.4. The summed E-state index contributed by atoms with van der Waals surface area (Å²) in [6.45, 7) is 1.51. The molecular formula is C7H14N2O4S. The Morgan fingerprint density at radius 3 is 2.57 bits per heavy atom. The van der Waals surface area contributed by atoms with Gasteiger partial charge in [-0.1, -0.05) is 0 Å². The highest BCUT2D eigenvalue weighted by molar-refractivity contribution is 7.87. The predicted octanol–water partition coefficient (Wildman–Crippen LogP) is -0.564. The van der Waals surface area contributed by atoms with Crippen molar-refractivity contribution in [1.29, 1.82) is 0 Å². The Morgan fingerprint density at radius 1 is 1.57 bits per heavy atom. The Labute approximate surface area is 82.9 Å². The largest absolute Gasteiger partial charge is 0.481 e. The first-order valence-electron chi connectivity index (χ1n) is 4.40. The van der Waals surface area contributed by atoms with Crippen LogP contribution in [0.25, 0.3) is 0 Å². The zero-order valence-corrected chi connectivity index (χ0v) is 8.67. The van der Waals surface area contributed by atoms with Crippen LogP contribution in [0.5, 0.6) is 0 Å². The molecule has 1 saturated carbocycles. The first-order chi connectivity index (χ1) is 6.39. The van der Waals surface area contributed by atoms with Crippen molar-refractivity contribution in [2.24, 2.45) is 0 Å². The van der Waals surface area contributed by atoms with Crippen molar-refractivity contribution >= 4 is 16.2 Å². The van der Waals surface area contributed by atoms with Gasteiger partial charge in [0.25, 0.3) is 10.2 Å². The molecule has 0 saturated heterocycles. The maximum atomic E-state index is 11.3. The van der Waals surface area contributed by atoms with Crippen LogP contribution >= 0.6 is 0 Å². The number of aliphatic carboxylic acids is 1. The van der Waals surface area contributed by atoms with Crippen LogP contribution in [0.4, 0.5) is 0 Å². The molecule has 14 heavy (non-hydrogen) atoms. The second-order valence-corrected chi connectivity index (χ2v) is 4.99. The Hall–Kier alpha value is -0.660. The minimum absolute atomic E-state index is 0.0320. The van der Waals surface area contributed by atoms with E-state index in [1.807, 2.05) is 0 Å². The number of carbonyl (C=O) groups is 1. The van der Waals surface area contributed by atoms with E-state index in [1.165, 1.54) is 6.92 Å². The van der Waals surface area contributed by atoms with Gasteiger partial charge in [0, 0.05) is 12.1 Å². The summed E-state index contributed by atoms with van der Waals surface area (Å²) >= 11 is 0. The monoisotopic (exact) mass is 222 g/mol. The molecule has 7 heteroatoms. The minimum atomic E-state index is -3.53. The van der Waals surface area contributed by atoms with E-state index in [1.54, 1.807) is 0 Å². The van der Waals surface area contributed by atoms with Crippen LogP contribution in [0.15, 0.2) is 0 Å². The second kappa shape index (κ2) is 4.24. The molecule has 1 unspecified atom stereocenters. The number of rotatable bonds is 6. The lowest BCUT2D eigenvalue weighted by Crippen LogP contribution is -2.43. The van der Waals surface area contributed by atoms with Gasteiger partial charge in [0.15, 0.2) is 0 Å². The van der Waals surface area contributed by atoms with Gasteiger partial charge < -0.3 is 5.11 Å². The summed E-state index contributed by atoms with van der Waals surface area (Å²) in [5.41, 5.74) is 0. The molecule has 3 N–H and O–H groups in total. The third-order valence-electron chi connectivity index (χ3n) is 1.74. The molecule has 1 aliphatic carbocycles. The first-order valence-corrected chi connectivity index (χ1v) is 5.89. The van der Waals surface area contributed by atoms with Crippen LogP contribution in [0.1, 0.15) is 26.2 Å². The van der Waals surface area contributed by atoms with Gasteiger partial charge in [-0.25, -0.2) is 0 Å². The lowest BCUT2D eigenvalue weighted by Gasteiger charge is -2.12. The summed E-state index contributed by atoms with van der Waals surface area (Å²) in [7, 11) is -3.53. The molecule has 1 atom stereocenters. The van der Waals surface area contributed by atoms with E-state index >= 15 is 0 Å². The van der Waals surface area contributed by atoms with Crippen LogP contribution < -0.4 is 9.44 Å². The number of carboxylic acid groups (broad SMARTS) is 1. The third kappa shape index (κ3) is 4.54. The van der Waals surface area contributed by atoms with Crippen molar-refractivity contribution in [2.45, 2.75) is 38.3 Å². The highest BCUT2D eigenvalue weighted by Crippen LogP contribution is 2.19. The van der Waals surface area contributed by atoms with Gasteiger partial charge in [-0.3, -0.25) is 4.79 Å². The average Bonchev–Trinajstić information content (AvgIpc) is 2.65. The number of nitrogens with one attached hydrogen (secondary N) is 2. The molecule has 0 bridgehead atoms. The van der Waals surface area contributed by atoms with Crippen molar-refractivity contribution in [1.82, 2.24) is 9.44 Å². The van der Waals surface area contributed by atoms with E-state index < -0.39 is 22.2 Å². The summed E-state index contributed by atoms with van der Waals surface area (Å²) in [5.74, 6) is -1.02. The Balaban J connectivity index is 2.36. The van der Waals surface area contributed by atoms with Crippen LogP contribution in [0.2, 0.25) is 0 Å². The van der Waals surface area contributed by atoms with Gasteiger partial charge in [0.2, 0.25) is 0 Å². The molecule has 1 rings (SSSR count). The molecule has 0 amide bonds. The number of hydrogen-bond donors (Lipinski definition) is 3. The zero-order valence-electron chi connectivity index (χ0n) is 7.86. The maximum absolute atomic E-state index is 11.3. The van der Waals surface area contributed by atoms with Crippen LogP contribution in [0.3, 0.4) is 0 Å². The summed E-state index contributed by atoms with van der Waals surface area (Å²) < 4.78 is 27.2. The summed E-state index contributed by atoms with van der Waals surface area (Å²) in [4.78, 5) is 10.3. The molecule has 0 aromatic carbocycles. The van der Waals surface area contributed by atoms with E-state index in [0.717, 1.165) is 12.8 Å². The van der Waals surface area contributed by atoms with E-state index in [4.69, 9.17) is 5.11 Å². The number of carboxylic acids is 1. The lowest BCUT2D eigenvalue weighted by atomic mass is 10.3. The summed E-state index contributed by atoms with van der Waals surface area (Å²) in [6.07, 6.45) is 1.49. The molecular weight excluding hydrogens is 208 g/mol. The van der Waals surface area contributed by atoms with Gasteiger partial charge in [-0.2, -0.15) is 17.9 Å². The molecule has 6 nitrogen and oxygen atoms in total. The molecule has 0 aromatic rings. The lowest BCUT2D eigenvalue weighted by molar-refractivity contribution is -0.137. The highest BCUT2D eigenvalue weighted by atomic mass is 32.2. The molecule has 1 aliphatic rings. The topological polar surface area (TPSA) is 95.5 Å². The van der Waals surface area contributed by atoms with Crippen molar-refractivity contribution in [2.75, 3.05) is 0 Å². The SMILES string of the molecule is CC(CC(=O)O)NS(=O)(=O)NC1CC1. The molecule has 0 radical (unpaired) electrons. The maximum Gasteiger partial charge on any atom is 0.304 e. The Morgan fingerprint density at radius 2 is 2.14 bits per heavy atom. The van der Waals surface area contributed by atoms with Gasteiger partial charge in [-0.05, 0) is 19.8 Å². The second-order valence-electron chi connectivity index (χ2n) is 3.51. The summed E-state index contributed by atoms with van der Waals surface area (Å²) in [6, 6.07) is -0.562. The van der Waals surface area contributed by atoms with Gasteiger partial charge in [0.05, 0.1) is 6.42 Å². The highest BCUT2D eigenvalue weighted by Gasteiger charge is 2.27. The molecule has 0 aliphatic heterocycles. The van der Waals surface area contributed by atoms with Crippen LogP contribution in [-0.4, -0.2) is 31.6 Å². The molecule has 0 aromatic heterocycles. The number of hydrogen-bond acceptors (Lipinski definition) is 3. The van der Waals surface area contributed by atoms with E-state index in [9.17, 15) is 13.2 Å². The third-order valence-corrected chi connectivity index (χ3v) is 3.09. The summed E-state index contributed by atoms with van der Waals surface area (Å²) in [5, 5.41) is 8.42. The molecule has 0 heterocycles. The fourth-order valence-corrected chi connectivity index (χ4v) is 2.38. The van der Waals surface area contributed by atoms with Crippen molar-refractivity contribution in [3.8, 4) is 0 Å². The predicted molar refractivity (Wildman–Crippen MR) is 49.9 cm³/mol. The van der Waals surface area contributed by atoms with Crippen molar-refractivity contribution < 1.29 is 18.3 Å². The molecule has 1 fully saturated rings. The fraction of sp³-hybridized carbons (Fsp3) is 0.857. The average molecular weight is 222 g/mol. The minimum Gasteiger partial charge on any atom is -0.481 e. The van der Waals surface area contributed by atoms with E-state index in [2.05, 4.69) is 9.44 Å². The van der Waals surface area contributed by atoms with E-state index in [-0.39, 0.29) is 12.5 Å². The van der Waals surface area contributed by atoms with Gasteiger partial charge in [0.1, 0.15) is 0 Å². The Kier molecular flexibility index (Phi) is 3.46. The Bertz CT molecular complexity index is 310. The van der Waals surface area contributed by atoms with Crippen LogP contribution in [-0.2, 0) is 15.0 Å². The quantitative estimate of drug-likeness (QED) is 0.561. The standard InChI is InChI=1S/C7H14N2O4S/c1-5(4-7(10)11)8-14(12,13)9-6-2-3-6/h5-6,8-9H,2-4H2,1H3,(H,10,11). The van der Waals surface area contributed by atoms with Gasteiger partial charge >= 0.3 is 5.97 Å². The zero-order chi connectivity index (χ0) is 10.8. The fourth-order valence-electron chi connectivity index (χ4n) is 1.02. The smallest absolute Gasteiger partial charge is 0.304 e. The van der Waals surface area contributed by atoms with Crippen LogP contribution in [0, 0.1) is 0 Å². The van der Waals surface area contributed by atoms with E-state index in [0.29, 0.717) is 0 Å².